The molecule has 0 aliphatic rings. The summed E-state index contributed by atoms with van der Waals surface area (Å²) in [7, 11) is 4.71. The Hall–Kier alpha value is -3.07. The highest BCUT2D eigenvalue weighted by Gasteiger charge is 2.21. The maximum absolute atomic E-state index is 12.7. The standard InChI is InChI=1S/C20H20BrN3O5/c1-23-14-7-5-4-6-13(14)18(21)19(23)20(25)22-9-8-12-10-16(28-2)17(29-3)11-15(12)24(26)27/h4-7,10-11H,8-9H2,1-3H3,(H,22,25). The third-order valence-electron chi connectivity index (χ3n) is 4.72. The van der Waals surface area contributed by atoms with Gasteiger partial charge in [-0.25, -0.2) is 0 Å². The van der Waals surface area contributed by atoms with Crippen molar-refractivity contribution < 1.29 is 19.2 Å². The molecule has 0 atom stereocenters. The zero-order valence-corrected chi connectivity index (χ0v) is 17.8. The van der Waals surface area contributed by atoms with Gasteiger partial charge in [-0.15, -0.1) is 0 Å². The predicted octanol–water partition coefficient (Wildman–Crippen LogP) is 3.84. The number of nitro benzene ring substituents is 1. The molecular weight excluding hydrogens is 442 g/mol. The van der Waals surface area contributed by atoms with Gasteiger partial charge in [-0.1, -0.05) is 18.2 Å². The number of amides is 1. The molecule has 9 heteroatoms. The predicted molar refractivity (Wildman–Crippen MR) is 113 cm³/mol. The summed E-state index contributed by atoms with van der Waals surface area (Å²) in [4.78, 5) is 23.7. The van der Waals surface area contributed by atoms with Crippen LogP contribution in [0, 0.1) is 10.1 Å². The highest BCUT2D eigenvalue weighted by molar-refractivity contribution is 9.10. The fraction of sp³-hybridized carbons (Fsp3) is 0.250. The van der Waals surface area contributed by atoms with Gasteiger partial charge in [0.05, 0.1) is 29.7 Å². The minimum Gasteiger partial charge on any atom is -0.493 e. The van der Waals surface area contributed by atoms with Gasteiger partial charge in [-0.05, 0) is 34.5 Å². The molecule has 152 valence electrons. The van der Waals surface area contributed by atoms with E-state index in [1.165, 1.54) is 20.3 Å². The van der Waals surface area contributed by atoms with Gasteiger partial charge in [0.25, 0.3) is 11.6 Å². The summed E-state index contributed by atoms with van der Waals surface area (Å²) in [5.74, 6) is 0.418. The first-order valence-electron chi connectivity index (χ1n) is 8.79. The lowest BCUT2D eigenvalue weighted by molar-refractivity contribution is -0.385. The van der Waals surface area contributed by atoms with Crippen molar-refractivity contribution in [1.82, 2.24) is 9.88 Å². The first-order valence-corrected chi connectivity index (χ1v) is 9.58. The van der Waals surface area contributed by atoms with Crippen LogP contribution < -0.4 is 14.8 Å². The number of carbonyl (C=O) groups excluding carboxylic acids is 1. The van der Waals surface area contributed by atoms with E-state index in [4.69, 9.17) is 9.47 Å². The number of aromatic nitrogens is 1. The topological polar surface area (TPSA) is 95.6 Å². The van der Waals surface area contributed by atoms with Crippen LogP contribution in [0.3, 0.4) is 0 Å². The molecule has 1 aromatic heterocycles. The Labute approximate surface area is 175 Å². The molecule has 8 nitrogen and oxygen atoms in total. The molecular formula is C20H20BrN3O5. The van der Waals surface area contributed by atoms with Gasteiger partial charge in [-0.2, -0.15) is 0 Å². The van der Waals surface area contributed by atoms with Gasteiger partial charge in [-0.3, -0.25) is 14.9 Å². The number of fused-ring (bicyclic) bond motifs is 1. The summed E-state index contributed by atoms with van der Waals surface area (Å²) in [6, 6.07) is 10.6. The molecule has 0 aliphatic carbocycles. The van der Waals surface area contributed by atoms with E-state index in [2.05, 4.69) is 21.2 Å². The number of aryl methyl sites for hydroxylation is 1. The number of halogens is 1. The average molecular weight is 462 g/mol. The third kappa shape index (κ3) is 3.91. The number of carbonyl (C=O) groups is 1. The molecule has 0 spiro atoms. The number of methoxy groups -OCH3 is 2. The molecule has 0 radical (unpaired) electrons. The molecule has 29 heavy (non-hydrogen) atoms. The fourth-order valence-electron chi connectivity index (χ4n) is 3.27. The molecule has 3 rings (SSSR count). The van der Waals surface area contributed by atoms with Crippen molar-refractivity contribution in [1.29, 1.82) is 0 Å². The Morgan fingerprint density at radius 1 is 1.21 bits per heavy atom. The number of para-hydroxylation sites is 1. The molecule has 0 unspecified atom stereocenters. The van der Waals surface area contributed by atoms with Crippen molar-refractivity contribution in [3.8, 4) is 11.5 Å². The summed E-state index contributed by atoms with van der Waals surface area (Å²) >= 11 is 3.50. The summed E-state index contributed by atoms with van der Waals surface area (Å²) in [6.45, 7) is 0.225. The maximum Gasteiger partial charge on any atom is 0.276 e. The van der Waals surface area contributed by atoms with Gasteiger partial charge in [0, 0.05) is 30.1 Å². The average Bonchev–Trinajstić information content (AvgIpc) is 2.98. The molecule has 0 bridgehead atoms. The number of rotatable bonds is 7. The Morgan fingerprint density at radius 2 is 1.86 bits per heavy atom. The minimum atomic E-state index is -0.473. The summed E-state index contributed by atoms with van der Waals surface area (Å²) < 4.78 is 12.9. The zero-order chi connectivity index (χ0) is 21.1. The number of ether oxygens (including phenoxy) is 2. The van der Waals surface area contributed by atoms with Gasteiger partial charge < -0.3 is 19.4 Å². The van der Waals surface area contributed by atoms with Crippen LogP contribution in [0.4, 0.5) is 5.69 Å². The summed E-state index contributed by atoms with van der Waals surface area (Å²) in [5, 5.41) is 15.2. The van der Waals surface area contributed by atoms with Crippen molar-refractivity contribution in [2.45, 2.75) is 6.42 Å². The third-order valence-corrected chi connectivity index (χ3v) is 5.52. The van der Waals surface area contributed by atoms with Crippen LogP contribution in [-0.4, -0.2) is 36.2 Å². The fourth-order valence-corrected chi connectivity index (χ4v) is 4.06. The summed E-state index contributed by atoms with van der Waals surface area (Å²) in [6.07, 6.45) is 0.268. The smallest absolute Gasteiger partial charge is 0.276 e. The highest BCUT2D eigenvalue weighted by Crippen LogP contribution is 2.34. The Morgan fingerprint density at radius 3 is 2.48 bits per heavy atom. The first-order chi connectivity index (χ1) is 13.9. The van der Waals surface area contributed by atoms with Gasteiger partial charge in [0.1, 0.15) is 5.69 Å². The van der Waals surface area contributed by atoms with E-state index in [0.29, 0.717) is 21.5 Å². The molecule has 1 heterocycles. The van der Waals surface area contributed by atoms with Gasteiger partial charge in [0.2, 0.25) is 0 Å². The lowest BCUT2D eigenvalue weighted by Gasteiger charge is -2.11. The second-order valence-corrected chi connectivity index (χ2v) is 7.13. The van der Waals surface area contributed by atoms with E-state index < -0.39 is 4.92 Å². The van der Waals surface area contributed by atoms with Crippen LogP contribution >= 0.6 is 15.9 Å². The van der Waals surface area contributed by atoms with Gasteiger partial charge >= 0.3 is 0 Å². The monoisotopic (exact) mass is 461 g/mol. The van der Waals surface area contributed by atoms with Crippen LogP contribution in [0.5, 0.6) is 11.5 Å². The lowest BCUT2D eigenvalue weighted by Crippen LogP contribution is -2.28. The van der Waals surface area contributed by atoms with E-state index in [9.17, 15) is 14.9 Å². The number of nitrogens with zero attached hydrogens (tertiary/aromatic N) is 2. The maximum atomic E-state index is 12.7. The van der Waals surface area contributed by atoms with Crippen molar-refractivity contribution in [2.75, 3.05) is 20.8 Å². The normalized spacial score (nSPS) is 10.8. The second-order valence-electron chi connectivity index (χ2n) is 6.34. The second kappa shape index (κ2) is 8.52. The zero-order valence-electron chi connectivity index (χ0n) is 16.2. The Bertz CT molecular complexity index is 1050. The van der Waals surface area contributed by atoms with Gasteiger partial charge in [0.15, 0.2) is 11.5 Å². The lowest BCUT2D eigenvalue weighted by atomic mass is 10.1. The molecule has 0 aliphatic heterocycles. The van der Waals surface area contributed by atoms with Crippen LogP contribution in [0.25, 0.3) is 10.9 Å². The molecule has 0 saturated carbocycles. The number of benzene rings is 2. The molecule has 1 amide bonds. The first kappa shape index (κ1) is 20.7. The Balaban J connectivity index is 1.80. The number of nitrogens with one attached hydrogen (secondary N) is 1. The largest absolute Gasteiger partial charge is 0.493 e. The number of nitro groups is 1. The summed E-state index contributed by atoms with van der Waals surface area (Å²) in [5.41, 5.74) is 1.79. The van der Waals surface area contributed by atoms with Crippen LogP contribution in [-0.2, 0) is 13.5 Å². The van der Waals surface area contributed by atoms with E-state index in [-0.39, 0.29) is 30.3 Å². The molecule has 1 N–H and O–H groups in total. The molecule has 3 aromatic rings. The van der Waals surface area contributed by atoms with Crippen molar-refractivity contribution in [2.24, 2.45) is 7.05 Å². The van der Waals surface area contributed by atoms with Crippen LogP contribution in [0.15, 0.2) is 40.9 Å². The van der Waals surface area contributed by atoms with Crippen molar-refractivity contribution in [3.05, 3.63) is 62.2 Å². The molecule has 2 aromatic carbocycles. The SMILES string of the molecule is COc1cc(CCNC(=O)c2c(Br)c3ccccc3n2C)c([N+](=O)[O-])cc1OC. The molecule has 0 fully saturated rings. The van der Waals surface area contributed by atoms with E-state index in [0.717, 1.165) is 10.9 Å². The Kier molecular flexibility index (Phi) is 6.07. The number of hydrogen-bond donors (Lipinski definition) is 1. The van der Waals surface area contributed by atoms with Crippen molar-refractivity contribution in [3.63, 3.8) is 0 Å². The number of hydrogen-bond acceptors (Lipinski definition) is 5. The van der Waals surface area contributed by atoms with E-state index in [1.807, 2.05) is 35.9 Å². The van der Waals surface area contributed by atoms with Crippen molar-refractivity contribution >= 4 is 38.4 Å². The minimum absolute atomic E-state index is 0.0808. The highest BCUT2D eigenvalue weighted by atomic mass is 79.9. The van der Waals surface area contributed by atoms with Crippen LogP contribution in [0.1, 0.15) is 16.1 Å². The molecule has 0 saturated heterocycles. The van der Waals surface area contributed by atoms with E-state index in [1.54, 1.807) is 6.07 Å². The quantitative estimate of drug-likeness (QED) is 0.425. The van der Waals surface area contributed by atoms with E-state index >= 15 is 0 Å². The van der Waals surface area contributed by atoms with Crippen LogP contribution in [0.2, 0.25) is 0 Å².